The van der Waals surface area contributed by atoms with Crippen LogP contribution >= 0.6 is 0 Å². The maximum atomic E-state index is 13.2. The Balaban J connectivity index is 1.95. The molecule has 1 fully saturated rings. The van der Waals surface area contributed by atoms with Crippen molar-refractivity contribution in [3.63, 3.8) is 0 Å². The van der Waals surface area contributed by atoms with E-state index in [1.54, 1.807) is 22.6 Å². The van der Waals surface area contributed by atoms with Gasteiger partial charge in [0.15, 0.2) is 0 Å². The van der Waals surface area contributed by atoms with Crippen LogP contribution in [0.15, 0.2) is 47.5 Å². The number of nitrogens with one attached hydrogen (secondary N) is 1. The molecular weight excluding hydrogens is 346 g/mol. The van der Waals surface area contributed by atoms with Crippen molar-refractivity contribution in [3.8, 4) is 0 Å². The molecule has 0 radical (unpaired) electrons. The molecular formula is C20H27N3O2S. The van der Waals surface area contributed by atoms with E-state index in [9.17, 15) is 8.42 Å². The summed E-state index contributed by atoms with van der Waals surface area (Å²) in [6, 6.07) is 11.1. The molecule has 0 unspecified atom stereocenters. The minimum atomic E-state index is -3.53. The van der Waals surface area contributed by atoms with Crippen LogP contribution in [0.25, 0.3) is 0 Å². The molecule has 3 rings (SSSR count). The second-order valence-corrected chi connectivity index (χ2v) is 8.87. The summed E-state index contributed by atoms with van der Waals surface area (Å²) in [6.07, 6.45) is 4.40. The highest BCUT2D eigenvalue weighted by molar-refractivity contribution is 7.89. The number of hydrogen-bond acceptors (Lipinski definition) is 4. The van der Waals surface area contributed by atoms with Gasteiger partial charge in [-0.25, -0.2) is 13.4 Å². The monoisotopic (exact) mass is 373 g/mol. The van der Waals surface area contributed by atoms with Gasteiger partial charge in [-0.3, -0.25) is 0 Å². The van der Waals surface area contributed by atoms with E-state index in [0.717, 1.165) is 36.2 Å². The zero-order chi connectivity index (χ0) is 18.7. The highest BCUT2D eigenvalue weighted by Crippen LogP contribution is 2.39. The third-order valence-electron chi connectivity index (χ3n) is 5.02. The minimum Gasteiger partial charge on any atom is -0.367 e. The SMILES string of the molecule is CC[C@@H](C)Nc1ncccc1[C@@H]1CCCN1S(=O)(=O)c1ccc(C)cc1. The van der Waals surface area contributed by atoms with Gasteiger partial charge < -0.3 is 5.32 Å². The van der Waals surface area contributed by atoms with Crippen molar-refractivity contribution in [2.45, 2.75) is 57.0 Å². The minimum absolute atomic E-state index is 0.179. The van der Waals surface area contributed by atoms with Crippen LogP contribution in [-0.4, -0.2) is 30.3 Å². The van der Waals surface area contributed by atoms with Gasteiger partial charge >= 0.3 is 0 Å². The Kier molecular flexibility index (Phi) is 5.63. The molecule has 6 heteroatoms. The molecule has 1 N–H and O–H groups in total. The third-order valence-corrected chi connectivity index (χ3v) is 6.95. The van der Waals surface area contributed by atoms with Crippen LogP contribution in [0.3, 0.4) is 0 Å². The van der Waals surface area contributed by atoms with E-state index in [2.05, 4.69) is 24.1 Å². The fourth-order valence-electron chi connectivity index (χ4n) is 3.33. The summed E-state index contributed by atoms with van der Waals surface area (Å²) in [5.41, 5.74) is 2.01. The number of aryl methyl sites for hydroxylation is 1. The molecule has 2 aromatic rings. The number of hydrogen-bond donors (Lipinski definition) is 1. The van der Waals surface area contributed by atoms with Crippen LogP contribution in [0.1, 0.15) is 50.3 Å². The van der Waals surface area contributed by atoms with Crippen LogP contribution in [0.2, 0.25) is 0 Å². The molecule has 1 saturated heterocycles. The summed E-state index contributed by atoms with van der Waals surface area (Å²) in [4.78, 5) is 4.84. The highest BCUT2D eigenvalue weighted by atomic mass is 32.2. The largest absolute Gasteiger partial charge is 0.367 e. The molecule has 1 aromatic heterocycles. The van der Waals surface area contributed by atoms with E-state index >= 15 is 0 Å². The van der Waals surface area contributed by atoms with E-state index in [1.807, 2.05) is 31.2 Å². The first-order valence-corrected chi connectivity index (χ1v) is 10.7. The summed E-state index contributed by atoms with van der Waals surface area (Å²) in [5.74, 6) is 0.790. The predicted molar refractivity (Wildman–Crippen MR) is 105 cm³/mol. The van der Waals surface area contributed by atoms with E-state index in [0.29, 0.717) is 11.4 Å². The Morgan fingerprint density at radius 3 is 2.69 bits per heavy atom. The van der Waals surface area contributed by atoms with Gasteiger partial charge in [-0.2, -0.15) is 4.31 Å². The first kappa shape index (κ1) is 18.9. The second-order valence-electron chi connectivity index (χ2n) is 6.98. The topological polar surface area (TPSA) is 62.3 Å². The Morgan fingerprint density at radius 1 is 1.27 bits per heavy atom. The van der Waals surface area contributed by atoms with Crippen LogP contribution in [0, 0.1) is 6.92 Å². The van der Waals surface area contributed by atoms with Gasteiger partial charge in [0, 0.05) is 24.3 Å². The average Bonchev–Trinajstić information content (AvgIpc) is 3.13. The first-order chi connectivity index (χ1) is 12.4. The molecule has 2 heterocycles. The average molecular weight is 374 g/mol. The molecule has 0 saturated carbocycles. The fourth-order valence-corrected chi connectivity index (χ4v) is 5.00. The number of benzene rings is 1. The lowest BCUT2D eigenvalue weighted by Gasteiger charge is -2.26. The Labute approximate surface area is 156 Å². The standard InChI is InChI=1S/C20H27N3O2S/c1-4-16(3)22-20-18(7-5-13-21-20)19-8-6-14-23(19)26(24,25)17-11-9-15(2)10-12-17/h5,7,9-13,16,19H,4,6,8,14H2,1-3H3,(H,21,22)/t16-,19+/m1/s1. The molecule has 0 spiro atoms. The maximum Gasteiger partial charge on any atom is 0.243 e. The molecule has 0 amide bonds. The van der Waals surface area contributed by atoms with Crippen LogP contribution in [-0.2, 0) is 10.0 Å². The van der Waals surface area contributed by atoms with E-state index in [-0.39, 0.29) is 12.1 Å². The van der Waals surface area contributed by atoms with Crippen molar-refractivity contribution >= 4 is 15.8 Å². The lowest BCUT2D eigenvalue weighted by atomic mass is 10.1. The van der Waals surface area contributed by atoms with Crippen molar-refractivity contribution in [1.29, 1.82) is 0 Å². The molecule has 26 heavy (non-hydrogen) atoms. The van der Waals surface area contributed by atoms with Gasteiger partial charge in [0.05, 0.1) is 10.9 Å². The maximum absolute atomic E-state index is 13.2. The zero-order valence-corrected chi connectivity index (χ0v) is 16.5. The van der Waals surface area contributed by atoms with E-state index in [1.165, 1.54) is 0 Å². The number of pyridine rings is 1. The number of sulfonamides is 1. The molecule has 140 valence electrons. The Morgan fingerprint density at radius 2 is 2.00 bits per heavy atom. The first-order valence-electron chi connectivity index (χ1n) is 9.23. The number of nitrogens with zero attached hydrogens (tertiary/aromatic N) is 2. The zero-order valence-electron chi connectivity index (χ0n) is 15.6. The number of anilines is 1. The Hall–Kier alpha value is -1.92. The molecule has 0 bridgehead atoms. The van der Waals surface area contributed by atoms with Crippen molar-refractivity contribution in [3.05, 3.63) is 53.7 Å². The fraction of sp³-hybridized carbons (Fsp3) is 0.450. The van der Waals surface area contributed by atoms with E-state index < -0.39 is 10.0 Å². The summed E-state index contributed by atoms with van der Waals surface area (Å²) in [7, 11) is -3.53. The van der Waals surface area contributed by atoms with Crippen molar-refractivity contribution < 1.29 is 8.42 Å². The van der Waals surface area contributed by atoms with Crippen molar-refractivity contribution in [2.75, 3.05) is 11.9 Å². The Bertz CT molecular complexity index is 850. The predicted octanol–water partition coefficient (Wildman–Crippen LogP) is 4.13. The molecule has 1 aromatic carbocycles. The van der Waals surface area contributed by atoms with Gasteiger partial charge in [-0.05, 0) is 51.3 Å². The number of aromatic nitrogens is 1. The van der Waals surface area contributed by atoms with Gasteiger partial charge in [-0.1, -0.05) is 30.7 Å². The van der Waals surface area contributed by atoms with Crippen LogP contribution in [0.5, 0.6) is 0 Å². The quantitative estimate of drug-likeness (QED) is 0.827. The number of rotatable bonds is 6. The molecule has 5 nitrogen and oxygen atoms in total. The van der Waals surface area contributed by atoms with Crippen molar-refractivity contribution in [1.82, 2.24) is 9.29 Å². The molecule has 0 aliphatic carbocycles. The van der Waals surface area contributed by atoms with Crippen molar-refractivity contribution in [2.24, 2.45) is 0 Å². The summed E-state index contributed by atoms with van der Waals surface area (Å²) in [6.45, 7) is 6.72. The lowest BCUT2D eigenvalue weighted by molar-refractivity contribution is 0.396. The van der Waals surface area contributed by atoms with Gasteiger partial charge in [-0.15, -0.1) is 0 Å². The normalized spacial score (nSPS) is 19.4. The lowest BCUT2D eigenvalue weighted by Crippen LogP contribution is -2.31. The summed E-state index contributed by atoms with van der Waals surface area (Å²) >= 11 is 0. The molecule has 1 aliphatic heterocycles. The third kappa shape index (κ3) is 3.76. The second kappa shape index (κ2) is 7.76. The summed E-state index contributed by atoms with van der Waals surface area (Å²) < 4.78 is 28.0. The molecule has 1 aliphatic rings. The van der Waals surface area contributed by atoms with Gasteiger partial charge in [0.2, 0.25) is 10.0 Å². The van der Waals surface area contributed by atoms with Crippen LogP contribution in [0.4, 0.5) is 5.82 Å². The summed E-state index contributed by atoms with van der Waals surface area (Å²) in [5, 5.41) is 3.42. The van der Waals surface area contributed by atoms with E-state index in [4.69, 9.17) is 0 Å². The highest BCUT2D eigenvalue weighted by Gasteiger charge is 2.37. The molecule has 2 atom stereocenters. The van der Waals surface area contributed by atoms with Gasteiger partial charge in [0.25, 0.3) is 0 Å². The van der Waals surface area contributed by atoms with Crippen LogP contribution < -0.4 is 5.32 Å². The van der Waals surface area contributed by atoms with Gasteiger partial charge in [0.1, 0.15) is 5.82 Å². The smallest absolute Gasteiger partial charge is 0.243 e.